The van der Waals surface area contributed by atoms with Crippen LogP contribution in [0.15, 0.2) is 39.5 Å². The molecule has 0 saturated heterocycles. The molecule has 0 spiro atoms. The van der Waals surface area contributed by atoms with Crippen molar-refractivity contribution < 1.29 is 23.8 Å². The molecular weight excluding hydrogens is 408 g/mol. The highest BCUT2D eigenvalue weighted by atomic mass is 16.5. The standard InChI is InChI=1S/C26H32O6/c1-14(31-25(3,4)5)17-12-18(15(2)32-26(6,7)8)23-20(13-17)22(27)19-11-16(24(28)29)9-10-21(19)30-23/h9-15H,1-8H3,(H,28,29). The maximum absolute atomic E-state index is 13.4. The Balaban J connectivity index is 2.32. The van der Waals surface area contributed by atoms with Crippen molar-refractivity contribution in [3.63, 3.8) is 0 Å². The number of ether oxygens (including phenoxy) is 2. The Bertz CT molecular complexity index is 1220. The monoisotopic (exact) mass is 440 g/mol. The van der Waals surface area contributed by atoms with E-state index in [1.807, 2.05) is 61.5 Å². The lowest BCUT2D eigenvalue weighted by atomic mass is 9.97. The van der Waals surface area contributed by atoms with Crippen LogP contribution in [0, 0.1) is 0 Å². The molecule has 2 atom stereocenters. The molecule has 3 rings (SSSR count). The molecule has 3 aromatic rings. The summed E-state index contributed by atoms with van der Waals surface area (Å²) in [4.78, 5) is 24.9. The van der Waals surface area contributed by atoms with Gasteiger partial charge in [-0.15, -0.1) is 0 Å². The molecule has 0 aliphatic heterocycles. The van der Waals surface area contributed by atoms with E-state index in [2.05, 4.69) is 0 Å². The van der Waals surface area contributed by atoms with Gasteiger partial charge in [0.25, 0.3) is 0 Å². The van der Waals surface area contributed by atoms with Crippen LogP contribution in [-0.4, -0.2) is 22.3 Å². The maximum atomic E-state index is 13.4. The number of rotatable bonds is 5. The topological polar surface area (TPSA) is 86.0 Å². The Labute approximate surface area is 188 Å². The Kier molecular flexibility index (Phi) is 6.24. The van der Waals surface area contributed by atoms with Gasteiger partial charge >= 0.3 is 5.97 Å². The summed E-state index contributed by atoms with van der Waals surface area (Å²) in [7, 11) is 0. The van der Waals surface area contributed by atoms with Gasteiger partial charge in [0.15, 0.2) is 0 Å². The van der Waals surface area contributed by atoms with E-state index >= 15 is 0 Å². The van der Waals surface area contributed by atoms with Gasteiger partial charge in [-0.1, -0.05) is 0 Å². The average Bonchev–Trinajstić information content (AvgIpc) is 2.64. The second-order valence-electron chi connectivity index (χ2n) is 10.2. The van der Waals surface area contributed by atoms with Gasteiger partial charge < -0.3 is 19.0 Å². The molecule has 2 unspecified atom stereocenters. The Morgan fingerprint density at radius 3 is 2.06 bits per heavy atom. The molecule has 0 aliphatic rings. The highest BCUT2D eigenvalue weighted by Gasteiger charge is 2.25. The van der Waals surface area contributed by atoms with Crippen LogP contribution in [0.4, 0.5) is 0 Å². The van der Waals surface area contributed by atoms with Crippen LogP contribution in [0.25, 0.3) is 21.9 Å². The van der Waals surface area contributed by atoms with Crippen LogP contribution in [0.1, 0.15) is 89.1 Å². The molecule has 0 fully saturated rings. The van der Waals surface area contributed by atoms with Crippen molar-refractivity contribution in [2.75, 3.05) is 0 Å². The van der Waals surface area contributed by atoms with Crippen LogP contribution >= 0.6 is 0 Å². The molecule has 0 bridgehead atoms. The van der Waals surface area contributed by atoms with Gasteiger partial charge in [0.2, 0.25) is 5.43 Å². The quantitative estimate of drug-likeness (QED) is 0.462. The summed E-state index contributed by atoms with van der Waals surface area (Å²) in [5.74, 6) is -1.10. The summed E-state index contributed by atoms with van der Waals surface area (Å²) >= 11 is 0. The van der Waals surface area contributed by atoms with Crippen LogP contribution in [0.5, 0.6) is 0 Å². The van der Waals surface area contributed by atoms with Gasteiger partial charge in [0.1, 0.15) is 11.2 Å². The van der Waals surface area contributed by atoms with E-state index in [0.717, 1.165) is 11.1 Å². The van der Waals surface area contributed by atoms with Crippen molar-refractivity contribution >= 4 is 27.9 Å². The molecule has 32 heavy (non-hydrogen) atoms. The maximum Gasteiger partial charge on any atom is 0.335 e. The summed E-state index contributed by atoms with van der Waals surface area (Å²) in [5, 5.41) is 9.94. The number of fused-ring (bicyclic) bond motifs is 2. The number of carboxylic acids is 1. The minimum Gasteiger partial charge on any atom is -0.478 e. The molecule has 1 aromatic heterocycles. The number of aromatic carboxylic acids is 1. The van der Waals surface area contributed by atoms with Gasteiger partial charge in [-0.25, -0.2) is 4.79 Å². The third-order valence-electron chi connectivity index (χ3n) is 5.04. The molecule has 2 aromatic carbocycles. The lowest BCUT2D eigenvalue weighted by Gasteiger charge is -2.28. The summed E-state index contributed by atoms with van der Waals surface area (Å²) in [6.45, 7) is 15.7. The molecule has 172 valence electrons. The molecule has 0 radical (unpaired) electrons. The van der Waals surface area contributed by atoms with Crippen LogP contribution in [0.2, 0.25) is 0 Å². The first kappa shape index (κ1) is 24.0. The van der Waals surface area contributed by atoms with E-state index in [1.54, 1.807) is 6.07 Å². The zero-order chi connectivity index (χ0) is 24.0. The number of carbonyl (C=O) groups is 1. The van der Waals surface area contributed by atoms with Crippen LogP contribution in [-0.2, 0) is 9.47 Å². The van der Waals surface area contributed by atoms with Crippen molar-refractivity contribution in [3.05, 3.63) is 57.2 Å². The summed E-state index contributed by atoms with van der Waals surface area (Å²) < 4.78 is 18.5. The second kappa shape index (κ2) is 8.34. The molecular formula is C26H32O6. The molecule has 1 N–H and O–H groups in total. The fourth-order valence-corrected chi connectivity index (χ4v) is 3.87. The zero-order valence-corrected chi connectivity index (χ0v) is 20.0. The van der Waals surface area contributed by atoms with Crippen molar-refractivity contribution in [2.24, 2.45) is 0 Å². The highest BCUT2D eigenvalue weighted by Crippen LogP contribution is 2.35. The van der Waals surface area contributed by atoms with Crippen LogP contribution in [0.3, 0.4) is 0 Å². The number of benzene rings is 2. The molecule has 1 heterocycles. The van der Waals surface area contributed by atoms with Gasteiger partial charge in [0.05, 0.1) is 39.7 Å². The van der Waals surface area contributed by atoms with E-state index < -0.39 is 11.6 Å². The largest absolute Gasteiger partial charge is 0.478 e. The van der Waals surface area contributed by atoms with Crippen LogP contribution < -0.4 is 5.43 Å². The van der Waals surface area contributed by atoms with Crippen molar-refractivity contribution in [1.29, 1.82) is 0 Å². The van der Waals surface area contributed by atoms with Crippen molar-refractivity contribution in [2.45, 2.75) is 78.8 Å². The fraction of sp³-hybridized carbons (Fsp3) is 0.462. The minimum absolute atomic E-state index is 0.0365. The Morgan fingerprint density at radius 1 is 0.906 bits per heavy atom. The Morgan fingerprint density at radius 2 is 1.50 bits per heavy atom. The van der Waals surface area contributed by atoms with Gasteiger partial charge in [-0.3, -0.25) is 4.79 Å². The summed E-state index contributed by atoms with van der Waals surface area (Å²) in [6, 6.07) is 8.06. The molecule has 6 heteroatoms. The first-order chi connectivity index (χ1) is 14.7. The van der Waals surface area contributed by atoms with E-state index in [1.165, 1.54) is 18.2 Å². The molecule has 0 saturated carbocycles. The van der Waals surface area contributed by atoms with Crippen molar-refractivity contribution in [3.8, 4) is 0 Å². The lowest BCUT2D eigenvalue weighted by molar-refractivity contribution is -0.0552. The third-order valence-corrected chi connectivity index (χ3v) is 5.04. The normalized spacial score (nSPS) is 14.6. The average molecular weight is 441 g/mol. The van der Waals surface area contributed by atoms with Gasteiger partial charge in [-0.2, -0.15) is 0 Å². The Hall–Kier alpha value is -2.70. The first-order valence-electron chi connectivity index (χ1n) is 10.8. The predicted octanol–water partition coefficient (Wildman–Crippen LogP) is 6.40. The second-order valence-corrected chi connectivity index (χ2v) is 10.2. The zero-order valence-electron chi connectivity index (χ0n) is 20.0. The SMILES string of the molecule is CC(OC(C)(C)C)c1cc(C(C)OC(C)(C)C)c2oc3ccc(C(=O)O)cc3c(=O)c2c1. The van der Waals surface area contributed by atoms with E-state index in [-0.39, 0.29) is 34.2 Å². The number of carboxylic acid groups (broad SMARTS) is 1. The van der Waals surface area contributed by atoms with E-state index in [9.17, 15) is 14.7 Å². The highest BCUT2D eigenvalue weighted by molar-refractivity contribution is 5.96. The van der Waals surface area contributed by atoms with Gasteiger partial charge in [-0.05, 0) is 91.3 Å². The van der Waals surface area contributed by atoms with E-state index in [4.69, 9.17) is 13.9 Å². The number of hydrogen-bond donors (Lipinski definition) is 1. The first-order valence-corrected chi connectivity index (χ1v) is 10.8. The van der Waals surface area contributed by atoms with E-state index in [0.29, 0.717) is 16.6 Å². The van der Waals surface area contributed by atoms with Crippen molar-refractivity contribution in [1.82, 2.24) is 0 Å². The fourth-order valence-electron chi connectivity index (χ4n) is 3.87. The summed E-state index contributed by atoms with van der Waals surface area (Å²) in [5.41, 5.74) is 1.34. The third kappa shape index (κ3) is 5.19. The smallest absolute Gasteiger partial charge is 0.335 e. The number of hydrogen-bond acceptors (Lipinski definition) is 5. The minimum atomic E-state index is -1.10. The molecule has 0 amide bonds. The van der Waals surface area contributed by atoms with Gasteiger partial charge in [0, 0.05) is 5.56 Å². The lowest BCUT2D eigenvalue weighted by Crippen LogP contribution is -2.23. The summed E-state index contributed by atoms with van der Waals surface area (Å²) in [6.07, 6.45) is -0.626. The predicted molar refractivity (Wildman–Crippen MR) is 125 cm³/mol. The molecule has 6 nitrogen and oxygen atoms in total. The molecule has 0 aliphatic carbocycles.